The van der Waals surface area contributed by atoms with Gasteiger partial charge in [-0.3, -0.25) is 0 Å². The minimum atomic E-state index is 1.22. The van der Waals surface area contributed by atoms with Crippen LogP contribution in [0.5, 0.6) is 0 Å². The first-order valence-corrected chi connectivity index (χ1v) is 9.48. The molecule has 0 aliphatic heterocycles. The molecule has 4 aromatic rings. The van der Waals surface area contributed by atoms with Gasteiger partial charge in [0.1, 0.15) is 0 Å². The van der Waals surface area contributed by atoms with Gasteiger partial charge >= 0.3 is 0 Å². The summed E-state index contributed by atoms with van der Waals surface area (Å²) in [5.41, 5.74) is 8.90. The van der Waals surface area contributed by atoms with Crippen molar-refractivity contribution in [2.75, 3.05) is 4.90 Å². The van der Waals surface area contributed by atoms with Gasteiger partial charge in [0.05, 0.1) is 17.1 Å². The molecule has 1 heteroatoms. The van der Waals surface area contributed by atoms with E-state index in [-0.39, 0.29) is 0 Å². The molecule has 0 saturated carbocycles. The Morgan fingerprint density at radius 1 is 0.481 bits per heavy atom. The van der Waals surface area contributed by atoms with Crippen molar-refractivity contribution in [3.8, 4) is 0 Å². The van der Waals surface area contributed by atoms with Gasteiger partial charge in [-0.05, 0) is 61.4 Å². The maximum Gasteiger partial charge on any atom is 0.0540 e. The predicted molar refractivity (Wildman–Crippen MR) is 118 cm³/mol. The summed E-state index contributed by atoms with van der Waals surface area (Å²) < 4.78 is 0. The standard InChI is InChI=1S/C26H25N/c1-18-10-7-11-19(2)25(18)27(26-20(3)12-8-13-21(26)4)24-17-9-15-22-14-5-6-16-23(22)24/h5-17H,1-4H3. The number of benzene rings is 4. The number of anilines is 3. The first kappa shape index (κ1) is 17.4. The van der Waals surface area contributed by atoms with Gasteiger partial charge in [-0.1, -0.05) is 72.8 Å². The molecule has 1 nitrogen and oxygen atoms in total. The molecular formula is C26H25N. The highest BCUT2D eigenvalue weighted by Crippen LogP contribution is 2.44. The molecule has 0 radical (unpaired) electrons. The monoisotopic (exact) mass is 351 g/mol. The van der Waals surface area contributed by atoms with Crippen molar-refractivity contribution in [1.29, 1.82) is 0 Å². The first-order valence-electron chi connectivity index (χ1n) is 9.48. The molecule has 0 heterocycles. The summed E-state index contributed by atoms with van der Waals surface area (Å²) >= 11 is 0. The Morgan fingerprint density at radius 3 is 1.48 bits per heavy atom. The second-order valence-corrected chi connectivity index (χ2v) is 7.31. The number of fused-ring (bicyclic) bond motifs is 1. The highest BCUT2D eigenvalue weighted by Gasteiger charge is 2.21. The van der Waals surface area contributed by atoms with Crippen LogP contribution < -0.4 is 4.90 Å². The van der Waals surface area contributed by atoms with Crippen molar-refractivity contribution in [2.45, 2.75) is 27.7 Å². The van der Waals surface area contributed by atoms with Gasteiger partial charge in [-0.2, -0.15) is 0 Å². The SMILES string of the molecule is Cc1cccc(C)c1N(c1c(C)cccc1C)c1cccc2ccccc12. The van der Waals surface area contributed by atoms with E-state index in [1.165, 1.54) is 50.1 Å². The average Bonchev–Trinajstić information content (AvgIpc) is 2.66. The summed E-state index contributed by atoms with van der Waals surface area (Å²) in [5.74, 6) is 0. The summed E-state index contributed by atoms with van der Waals surface area (Å²) in [6.45, 7) is 8.81. The summed E-state index contributed by atoms with van der Waals surface area (Å²) in [6.07, 6.45) is 0. The number of nitrogens with zero attached hydrogens (tertiary/aromatic N) is 1. The normalized spacial score (nSPS) is 11.0. The van der Waals surface area contributed by atoms with Crippen LogP contribution in [0.15, 0.2) is 78.9 Å². The molecule has 4 rings (SSSR count). The number of aryl methyl sites for hydroxylation is 4. The molecule has 0 aliphatic carbocycles. The number of para-hydroxylation sites is 2. The molecule has 0 saturated heterocycles. The van der Waals surface area contributed by atoms with Crippen LogP contribution in [-0.2, 0) is 0 Å². The Labute approximate surface area is 161 Å². The fourth-order valence-corrected chi connectivity index (χ4v) is 4.07. The van der Waals surface area contributed by atoms with Crippen LogP contribution in [0.3, 0.4) is 0 Å². The van der Waals surface area contributed by atoms with Gasteiger partial charge in [0.15, 0.2) is 0 Å². The largest absolute Gasteiger partial charge is 0.309 e. The molecule has 0 spiro atoms. The van der Waals surface area contributed by atoms with E-state index < -0.39 is 0 Å². The fraction of sp³-hybridized carbons (Fsp3) is 0.154. The fourth-order valence-electron chi connectivity index (χ4n) is 4.07. The molecule has 0 amide bonds. The molecule has 0 aromatic heterocycles. The minimum absolute atomic E-state index is 1.22. The van der Waals surface area contributed by atoms with Crippen LogP contribution in [0, 0.1) is 27.7 Å². The lowest BCUT2D eigenvalue weighted by atomic mass is 10.00. The summed E-state index contributed by atoms with van der Waals surface area (Å²) in [6, 6.07) is 28.3. The van der Waals surface area contributed by atoms with Crippen LogP contribution in [-0.4, -0.2) is 0 Å². The van der Waals surface area contributed by atoms with Gasteiger partial charge in [0.25, 0.3) is 0 Å². The zero-order valence-electron chi connectivity index (χ0n) is 16.5. The quantitative estimate of drug-likeness (QED) is 0.368. The average molecular weight is 351 g/mol. The summed E-state index contributed by atoms with van der Waals surface area (Å²) in [5, 5.41) is 2.53. The van der Waals surface area contributed by atoms with E-state index in [1.54, 1.807) is 0 Å². The molecule has 134 valence electrons. The third-order valence-corrected chi connectivity index (χ3v) is 5.33. The van der Waals surface area contributed by atoms with E-state index in [0.717, 1.165) is 0 Å². The smallest absolute Gasteiger partial charge is 0.0540 e. The lowest BCUT2D eigenvalue weighted by Crippen LogP contribution is -2.15. The van der Waals surface area contributed by atoms with Gasteiger partial charge < -0.3 is 4.90 Å². The zero-order chi connectivity index (χ0) is 19.0. The van der Waals surface area contributed by atoms with Crippen LogP contribution >= 0.6 is 0 Å². The number of rotatable bonds is 3. The maximum absolute atomic E-state index is 2.46. The molecule has 0 aliphatic rings. The molecule has 0 unspecified atom stereocenters. The summed E-state index contributed by atoms with van der Waals surface area (Å²) in [4.78, 5) is 2.46. The second-order valence-electron chi connectivity index (χ2n) is 7.31. The molecule has 0 atom stereocenters. The van der Waals surface area contributed by atoms with Crippen molar-refractivity contribution in [1.82, 2.24) is 0 Å². The summed E-state index contributed by atoms with van der Waals surface area (Å²) in [7, 11) is 0. The van der Waals surface area contributed by atoms with Crippen LogP contribution in [0.4, 0.5) is 17.1 Å². The highest BCUT2D eigenvalue weighted by atomic mass is 15.2. The molecule has 4 aromatic carbocycles. The topological polar surface area (TPSA) is 3.24 Å². The lowest BCUT2D eigenvalue weighted by molar-refractivity contribution is 1.19. The third-order valence-electron chi connectivity index (χ3n) is 5.33. The van der Waals surface area contributed by atoms with Crippen LogP contribution in [0.25, 0.3) is 10.8 Å². The van der Waals surface area contributed by atoms with Gasteiger partial charge in [0, 0.05) is 5.39 Å². The number of hydrogen-bond donors (Lipinski definition) is 0. The van der Waals surface area contributed by atoms with Gasteiger partial charge in [-0.25, -0.2) is 0 Å². The van der Waals surface area contributed by atoms with E-state index >= 15 is 0 Å². The van der Waals surface area contributed by atoms with E-state index in [4.69, 9.17) is 0 Å². The van der Waals surface area contributed by atoms with Crippen molar-refractivity contribution >= 4 is 27.8 Å². The Balaban J connectivity index is 2.12. The highest BCUT2D eigenvalue weighted by molar-refractivity contribution is 6.00. The zero-order valence-corrected chi connectivity index (χ0v) is 16.5. The van der Waals surface area contributed by atoms with E-state index in [1.807, 2.05) is 0 Å². The van der Waals surface area contributed by atoms with E-state index in [9.17, 15) is 0 Å². The number of hydrogen-bond acceptors (Lipinski definition) is 1. The van der Waals surface area contributed by atoms with Crippen molar-refractivity contribution in [2.24, 2.45) is 0 Å². The van der Waals surface area contributed by atoms with Gasteiger partial charge in [-0.15, -0.1) is 0 Å². The molecule has 0 N–H and O–H groups in total. The van der Waals surface area contributed by atoms with E-state index in [2.05, 4.69) is 111 Å². The Kier molecular flexibility index (Phi) is 4.45. The Morgan fingerprint density at radius 2 is 0.926 bits per heavy atom. The first-order chi connectivity index (χ1) is 13.1. The molecule has 0 fully saturated rings. The minimum Gasteiger partial charge on any atom is -0.309 e. The van der Waals surface area contributed by atoms with Crippen LogP contribution in [0.1, 0.15) is 22.3 Å². The molecule has 27 heavy (non-hydrogen) atoms. The van der Waals surface area contributed by atoms with Crippen molar-refractivity contribution in [3.63, 3.8) is 0 Å². The van der Waals surface area contributed by atoms with Crippen molar-refractivity contribution in [3.05, 3.63) is 101 Å². The maximum atomic E-state index is 2.46. The molecular weight excluding hydrogens is 326 g/mol. The van der Waals surface area contributed by atoms with Crippen LogP contribution in [0.2, 0.25) is 0 Å². The van der Waals surface area contributed by atoms with Crippen molar-refractivity contribution < 1.29 is 0 Å². The Hall–Kier alpha value is -3.06. The van der Waals surface area contributed by atoms with Gasteiger partial charge in [0.2, 0.25) is 0 Å². The molecule has 0 bridgehead atoms. The van der Waals surface area contributed by atoms with E-state index in [0.29, 0.717) is 0 Å². The predicted octanol–water partition coefficient (Wildman–Crippen LogP) is 7.54. The lowest BCUT2D eigenvalue weighted by Gasteiger charge is -2.32. The Bertz CT molecular complexity index is 1030. The third kappa shape index (κ3) is 3.00. The second kappa shape index (κ2) is 6.92.